The predicted molar refractivity (Wildman–Crippen MR) is 81.3 cm³/mol. The molecule has 0 fully saturated rings. The number of hydrogen-bond acceptors (Lipinski definition) is 7. The van der Waals surface area contributed by atoms with Crippen LogP contribution in [0.15, 0.2) is 34.2 Å². The van der Waals surface area contributed by atoms with E-state index in [0.29, 0.717) is 10.7 Å². The first-order chi connectivity index (χ1) is 9.55. The summed E-state index contributed by atoms with van der Waals surface area (Å²) in [6.45, 7) is 1.95. The number of benzene rings is 1. The van der Waals surface area contributed by atoms with Crippen molar-refractivity contribution in [3.8, 4) is 0 Å². The Morgan fingerprint density at radius 3 is 2.45 bits per heavy atom. The van der Waals surface area contributed by atoms with Crippen molar-refractivity contribution in [3.63, 3.8) is 0 Å². The van der Waals surface area contributed by atoms with Crippen LogP contribution in [0.2, 0.25) is 0 Å². The van der Waals surface area contributed by atoms with Crippen LogP contribution in [0, 0.1) is 0 Å². The van der Waals surface area contributed by atoms with Gasteiger partial charge in [0.05, 0.1) is 15.7 Å². The summed E-state index contributed by atoms with van der Waals surface area (Å²) in [4.78, 5) is 4.01. The Labute approximate surface area is 126 Å². The number of aromatic nitrogens is 2. The number of nitrogens with zero attached hydrogens (tertiary/aromatic N) is 3. The fourth-order valence-corrected chi connectivity index (χ4v) is 4.00. The van der Waals surface area contributed by atoms with Crippen molar-refractivity contribution in [2.45, 2.75) is 24.0 Å². The van der Waals surface area contributed by atoms with Crippen LogP contribution in [0.25, 0.3) is 0 Å². The van der Waals surface area contributed by atoms with Crippen LogP contribution in [-0.4, -0.2) is 23.8 Å². The molecule has 8 heteroatoms. The summed E-state index contributed by atoms with van der Waals surface area (Å²) < 4.78 is 24.5. The molecule has 0 amide bonds. The number of aliphatic imine (C=N–C) groups is 1. The Hall–Kier alpha value is -1.47. The Morgan fingerprint density at radius 1 is 1.25 bits per heavy atom. The molecule has 0 saturated carbocycles. The van der Waals surface area contributed by atoms with Crippen molar-refractivity contribution >= 4 is 44.2 Å². The molecule has 0 aliphatic carbocycles. The van der Waals surface area contributed by atoms with Crippen molar-refractivity contribution in [1.29, 1.82) is 0 Å². The Balaban J connectivity index is 2.23. The molecule has 2 aromatic rings. The smallest absolute Gasteiger partial charge is 0.184 e. The molecule has 0 spiro atoms. The van der Waals surface area contributed by atoms with Crippen LogP contribution in [0.4, 0.5) is 5.69 Å². The minimum absolute atomic E-state index is 0.138. The summed E-state index contributed by atoms with van der Waals surface area (Å²) in [5, 5.41) is 11.4. The number of aryl methyl sites for hydroxylation is 1. The van der Waals surface area contributed by atoms with E-state index in [1.165, 1.54) is 23.5 Å². The van der Waals surface area contributed by atoms with Gasteiger partial charge in [0.1, 0.15) is 15.8 Å². The second-order valence-corrected chi connectivity index (χ2v) is 7.22. The van der Waals surface area contributed by atoms with Gasteiger partial charge in [-0.15, -0.1) is 21.5 Å². The number of isothiocyanates is 1. The zero-order valence-electron chi connectivity index (χ0n) is 10.6. The molecule has 20 heavy (non-hydrogen) atoms. The fraction of sp³-hybridized carbons (Fsp3) is 0.250. The molecule has 0 bridgehead atoms. The molecule has 0 N–H and O–H groups in total. The Kier molecular flexibility index (Phi) is 4.72. The Morgan fingerprint density at radius 2 is 1.90 bits per heavy atom. The molecule has 1 aromatic heterocycles. The maximum absolute atomic E-state index is 12.2. The van der Waals surface area contributed by atoms with E-state index in [4.69, 9.17) is 0 Å². The van der Waals surface area contributed by atoms with Crippen LogP contribution in [0.5, 0.6) is 0 Å². The van der Waals surface area contributed by atoms with E-state index in [2.05, 4.69) is 32.6 Å². The summed E-state index contributed by atoms with van der Waals surface area (Å²) >= 11 is 5.81. The summed E-state index contributed by atoms with van der Waals surface area (Å²) in [5.74, 6) is -0.138. The monoisotopic (exact) mass is 325 g/mol. The van der Waals surface area contributed by atoms with Gasteiger partial charge in [-0.1, -0.05) is 6.92 Å². The van der Waals surface area contributed by atoms with Gasteiger partial charge in [0.15, 0.2) is 9.84 Å². The van der Waals surface area contributed by atoms with Crippen molar-refractivity contribution in [3.05, 3.63) is 34.3 Å². The van der Waals surface area contributed by atoms with Crippen LogP contribution < -0.4 is 0 Å². The third-order valence-corrected chi connectivity index (χ3v) is 5.48. The zero-order valence-corrected chi connectivity index (χ0v) is 13.1. The molecule has 0 atom stereocenters. The fourth-order valence-electron chi connectivity index (χ4n) is 1.52. The lowest BCUT2D eigenvalue weighted by Gasteiger charge is -2.02. The summed E-state index contributed by atoms with van der Waals surface area (Å²) in [5.41, 5.74) is 0.572. The molecular formula is C12H11N3O2S3. The molecule has 0 radical (unpaired) electrons. The first-order valence-corrected chi connectivity index (χ1v) is 8.65. The van der Waals surface area contributed by atoms with Crippen molar-refractivity contribution in [2.24, 2.45) is 4.99 Å². The van der Waals surface area contributed by atoms with Gasteiger partial charge in [-0.3, -0.25) is 0 Å². The van der Waals surface area contributed by atoms with Crippen LogP contribution >= 0.6 is 23.6 Å². The van der Waals surface area contributed by atoms with Gasteiger partial charge < -0.3 is 0 Å². The lowest BCUT2D eigenvalue weighted by atomic mass is 10.3. The molecule has 0 saturated heterocycles. The largest absolute Gasteiger partial charge is 0.223 e. The highest BCUT2D eigenvalue weighted by Crippen LogP contribution is 2.21. The van der Waals surface area contributed by atoms with Gasteiger partial charge in [-0.05, 0) is 42.9 Å². The molecule has 0 aliphatic heterocycles. The molecule has 0 unspecified atom stereocenters. The molecule has 104 valence electrons. The molecule has 1 heterocycles. The lowest BCUT2D eigenvalue weighted by Crippen LogP contribution is -2.04. The van der Waals surface area contributed by atoms with E-state index >= 15 is 0 Å². The van der Waals surface area contributed by atoms with E-state index in [9.17, 15) is 8.42 Å². The predicted octanol–water partition coefficient (Wildman–Crippen LogP) is 2.81. The normalized spacial score (nSPS) is 11.1. The van der Waals surface area contributed by atoms with E-state index in [0.717, 1.165) is 11.4 Å². The Bertz CT molecular complexity index is 745. The lowest BCUT2D eigenvalue weighted by molar-refractivity contribution is 0.595. The molecule has 0 aliphatic rings. The van der Waals surface area contributed by atoms with E-state index in [1.54, 1.807) is 12.1 Å². The maximum atomic E-state index is 12.2. The van der Waals surface area contributed by atoms with Crippen molar-refractivity contribution in [1.82, 2.24) is 10.2 Å². The van der Waals surface area contributed by atoms with E-state index in [-0.39, 0.29) is 10.6 Å². The van der Waals surface area contributed by atoms with Gasteiger partial charge in [0, 0.05) is 0 Å². The number of thiocarbonyl (C=S) groups is 1. The SMILES string of the molecule is CCc1nnc(CS(=O)(=O)c2ccc(N=C=S)cc2)s1. The minimum Gasteiger partial charge on any atom is -0.223 e. The number of hydrogen-bond donors (Lipinski definition) is 0. The van der Waals surface area contributed by atoms with Gasteiger partial charge in [-0.25, -0.2) is 8.42 Å². The average molecular weight is 325 g/mol. The first-order valence-electron chi connectivity index (χ1n) is 5.77. The minimum atomic E-state index is -3.42. The molecule has 2 rings (SSSR count). The van der Waals surface area contributed by atoms with Gasteiger partial charge in [-0.2, -0.15) is 4.99 Å². The van der Waals surface area contributed by atoms with Crippen molar-refractivity contribution < 1.29 is 8.42 Å². The van der Waals surface area contributed by atoms with Gasteiger partial charge >= 0.3 is 0 Å². The third-order valence-electron chi connectivity index (χ3n) is 2.50. The van der Waals surface area contributed by atoms with Crippen molar-refractivity contribution in [2.75, 3.05) is 0 Å². The zero-order chi connectivity index (χ0) is 14.6. The molecular weight excluding hydrogens is 314 g/mol. The third kappa shape index (κ3) is 3.55. The topological polar surface area (TPSA) is 72.3 Å². The van der Waals surface area contributed by atoms with E-state index < -0.39 is 9.84 Å². The van der Waals surface area contributed by atoms with Gasteiger partial charge in [0.25, 0.3) is 0 Å². The van der Waals surface area contributed by atoms with Crippen LogP contribution in [0.3, 0.4) is 0 Å². The average Bonchev–Trinajstić information content (AvgIpc) is 2.87. The number of rotatable bonds is 5. The van der Waals surface area contributed by atoms with Gasteiger partial charge in [0.2, 0.25) is 0 Å². The molecule has 1 aromatic carbocycles. The highest BCUT2D eigenvalue weighted by atomic mass is 32.2. The first kappa shape index (κ1) is 14.9. The highest BCUT2D eigenvalue weighted by molar-refractivity contribution is 7.90. The van der Waals surface area contributed by atoms with Crippen LogP contribution in [0.1, 0.15) is 16.9 Å². The summed E-state index contributed by atoms with van der Waals surface area (Å²) in [6, 6.07) is 6.18. The quantitative estimate of drug-likeness (QED) is 0.624. The standard InChI is InChI=1S/C12H11N3O2S3/c1-2-11-14-15-12(19-11)7-20(16,17)10-5-3-9(4-6-10)13-8-18/h3-6H,2,7H2,1H3. The molecule has 5 nitrogen and oxygen atoms in total. The van der Waals surface area contributed by atoms with Crippen LogP contribution in [-0.2, 0) is 22.0 Å². The second kappa shape index (κ2) is 6.32. The highest BCUT2D eigenvalue weighted by Gasteiger charge is 2.18. The summed E-state index contributed by atoms with van der Waals surface area (Å²) in [7, 11) is -3.42. The maximum Gasteiger partial charge on any atom is 0.184 e. The number of sulfone groups is 1. The van der Waals surface area contributed by atoms with E-state index in [1.807, 2.05) is 6.92 Å². The summed E-state index contributed by atoms with van der Waals surface area (Å²) in [6.07, 6.45) is 0.752. The second-order valence-electron chi connectivity index (χ2n) is 3.90.